The quantitative estimate of drug-likeness (QED) is 0.438. The predicted octanol–water partition coefficient (Wildman–Crippen LogP) is 4.95. The Balaban J connectivity index is 0.00000320. The van der Waals surface area contributed by atoms with Crippen molar-refractivity contribution in [3.63, 3.8) is 0 Å². The fourth-order valence-corrected chi connectivity index (χ4v) is 3.25. The smallest absolute Gasteiger partial charge is 0.432 e. The molecule has 0 aliphatic carbocycles. The van der Waals surface area contributed by atoms with Crippen LogP contribution in [0.5, 0.6) is 0 Å². The van der Waals surface area contributed by atoms with Gasteiger partial charge in [0.15, 0.2) is 0 Å². The molecule has 2 heterocycles. The van der Waals surface area contributed by atoms with Crippen LogP contribution in [0.2, 0.25) is 0 Å². The minimum Gasteiger partial charge on any atom is -0.463 e. The van der Waals surface area contributed by atoms with Gasteiger partial charge in [-0.3, -0.25) is 4.68 Å². The van der Waals surface area contributed by atoms with Gasteiger partial charge in [0.1, 0.15) is 0 Å². The van der Waals surface area contributed by atoms with Crippen molar-refractivity contribution in [2.75, 3.05) is 0 Å². The first-order valence-corrected chi connectivity index (χ1v) is 9.72. The monoisotopic (exact) mass is 588 g/mol. The minimum absolute atomic E-state index is 0. The maximum absolute atomic E-state index is 11.2. The van der Waals surface area contributed by atoms with Crippen molar-refractivity contribution in [3.8, 4) is 5.69 Å². The van der Waals surface area contributed by atoms with E-state index in [1.54, 1.807) is 6.07 Å². The summed E-state index contributed by atoms with van der Waals surface area (Å²) in [5.41, 5.74) is 2.95. The molecule has 0 atom stereocenters. The van der Waals surface area contributed by atoms with Gasteiger partial charge in [0, 0.05) is 44.3 Å². The van der Waals surface area contributed by atoms with Gasteiger partial charge in [-0.05, 0) is 23.2 Å². The van der Waals surface area contributed by atoms with Gasteiger partial charge in [-0.15, -0.1) is 6.07 Å². The average molecular weight is 589 g/mol. The molecular weight excluding hydrogens is 559 g/mol. The Bertz CT molecular complexity index is 1040. The molecule has 2 aromatic heterocycles. The Morgan fingerprint density at radius 1 is 0.933 bits per heavy atom. The topological polar surface area (TPSA) is 72.9 Å². The molecule has 0 aliphatic rings. The van der Waals surface area contributed by atoms with Crippen molar-refractivity contribution in [1.82, 2.24) is 19.6 Å². The van der Waals surface area contributed by atoms with Crippen LogP contribution in [-0.4, -0.2) is 30.8 Å². The predicted molar refractivity (Wildman–Crippen MR) is 113 cm³/mol. The van der Waals surface area contributed by atoms with E-state index in [1.165, 1.54) is 11.8 Å². The molecule has 0 unspecified atom stereocenters. The maximum atomic E-state index is 11.2. The van der Waals surface area contributed by atoms with E-state index in [-0.39, 0.29) is 26.5 Å². The molecule has 1 aromatic carbocycles. The number of carbonyl (C=O) groups is 1. The largest absolute Gasteiger partial charge is 0.463 e. The number of rotatable bonds is 4. The molecule has 0 bridgehead atoms. The zero-order valence-electron chi connectivity index (χ0n) is 18.5. The number of aromatic nitrogens is 4. The summed E-state index contributed by atoms with van der Waals surface area (Å²) < 4.78 is 2.79. The van der Waals surface area contributed by atoms with Crippen LogP contribution in [0.25, 0.3) is 5.69 Å². The van der Waals surface area contributed by atoms with Gasteiger partial charge in [-0.2, -0.15) is 38.6 Å². The first kappa shape index (κ1) is 24.1. The summed E-state index contributed by atoms with van der Waals surface area (Å²) in [5.74, 6) is 0. The number of benzene rings is 1. The van der Waals surface area contributed by atoms with Gasteiger partial charge < -0.3 is 5.11 Å². The number of nitrogens with zero attached hydrogens (tertiary/aromatic N) is 4. The van der Waals surface area contributed by atoms with Gasteiger partial charge in [0.25, 0.3) is 0 Å². The SMILES string of the molecule is CC(C)(C)c1cc[c-]c(-n2ccc(C(C)(C)C(C)(C)c3ccn(C(=O)O)n3)n2)c1.[Pt]. The summed E-state index contributed by atoms with van der Waals surface area (Å²) in [7, 11) is 0. The van der Waals surface area contributed by atoms with E-state index in [2.05, 4.69) is 71.8 Å². The number of carboxylic acid groups (broad SMARTS) is 1. The molecule has 0 radical (unpaired) electrons. The first-order chi connectivity index (χ1) is 13.3. The van der Waals surface area contributed by atoms with Crippen molar-refractivity contribution in [2.24, 2.45) is 0 Å². The Kier molecular flexibility index (Phi) is 6.53. The van der Waals surface area contributed by atoms with Crippen LogP contribution < -0.4 is 0 Å². The third-order valence-electron chi connectivity index (χ3n) is 6.12. The molecule has 164 valence electrons. The van der Waals surface area contributed by atoms with E-state index in [4.69, 9.17) is 5.10 Å². The Hall–Kier alpha value is -2.20. The average Bonchev–Trinajstić information content (AvgIpc) is 3.31. The number of hydrogen-bond acceptors (Lipinski definition) is 3. The maximum Gasteiger partial charge on any atom is 0.432 e. The zero-order chi connectivity index (χ0) is 21.6. The molecule has 0 aliphatic heterocycles. The molecule has 30 heavy (non-hydrogen) atoms. The van der Waals surface area contributed by atoms with Gasteiger partial charge in [-0.1, -0.05) is 48.5 Å². The van der Waals surface area contributed by atoms with Crippen LogP contribution in [0.4, 0.5) is 4.79 Å². The van der Waals surface area contributed by atoms with Gasteiger partial charge in [-0.25, -0.2) is 4.79 Å². The van der Waals surface area contributed by atoms with Crippen molar-refractivity contribution >= 4 is 6.09 Å². The molecule has 7 heteroatoms. The van der Waals surface area contributed by atoms with Gasteiger partial charge in [0.05, 0.1) is 11.4 Å². The molecular formula is C23H29N4O2Pt-. The van der Waals surface area contributed by atoms with Crippen LogP contribution in [0.3, 0.4) is 0 Å². The van der Waals surface area contributed by atoms with E-state index in [0.29, 0.717) is 5.69 Å². The van der Waals surface area contributed by atoms with Crippen LogP contribution in [0.15, 0.2) is 42.7 Å². The standard InChI is InChI=1S/C23H29N4O2.Pt/c1-21(2,3)16-9-8-10-17(15-16)26-13-11-18(24-26)22(4,5)23(6,7)19-12-14-27(25-19)20(28)29;/h8-9,11-15H,1-7H3,(H,28,29);/q-1;. The van der Waals surface area contributed by atoms with E-state index < -0.39 is 16.9 Å². The fraction of sp³-hybridized carbons (Fsp3) is 0.435. The number of hydrogen-bond donors (Lipinski definition) is 1. The summed E-state index contributed by atoms with van der Waals surface area (Å²) in [4.78, 5) is 11.2. The van der Waals surface area contributed by atoms with E-state index in [1.807, 2.05) is 23.0 Å². The van der Waals surface area contributed by atoms with Crippen molar-refractivity contribution in [1.29, 1.82) is 0 Å². The molecule has 0 fully saturated rings. The van der Waals surface area contributed by atoms with Crippen LogP contribution in [0.1, 0.15) is 65.4 Å². The third-order valence-corrected chi connectivity index (χ3v) is 6.12. The molecule has 0 amide bonds. The van der Waals surface area contributed by atoms with Gasteiger partial charge in [0.2, 0.25) is 0 Å². The molecule has 0 saturated heterocycles. The molecule has 1 N–H and O–H groups in total. The van der Waals surface area contributed by atoms with Gasteiger partial charge >= 0.3 is 6.09 Å². The summed E-state index contributed by atoms with van der Waals surface area (Å²) in [5, 5.41) is 18.3. The van der Waals surface area contributed by atoms with E-state index in [9.17, 15) is 9.90 Å². The second-order valence-corrected chi connectivity index (χ2v) is 9.54. The summed E-state index contributed by atoms with van der Waals surface area (Å²) in [6, 6.07) is 13.2. The summed E-state index contributed by atoms with van der Waals surface area (Å²) >= 11 is 0. The van der Waals surface area contributed by atoms with Crippen LogP contribution in [0, 0.1) is 6.07 Å². The van der Waals surface area contributed by atoms with Crippen LogP contribution in [-0.2, 0) is 37.3 Å². The minimum atomic E-state index is -1.09. The first-order valence-electron chi connectivity index (χ1n) is 9.72. The summed E-state index contributed by atoms with van der Waals surface area (Å²) in [6.45, 7) is 14.9. The second-order valence-electron chi connectivity index (χ2n) is 9.54. The molecule has 3 aromatic rings. The van der Waals surface area contributed by atoms with Crippen molar-refractivity contribution < 1.29 is 31.0 Å². The zero-order valence-corrected chi connectivity index (χ0v) is 20.8. The van der Waals surface area contributed by atoms with E-state index >= 15 is 0 Å². The normalized spacial score (nSPS) is 12.5. The molecule has 6 nitrogen and oxygen atoms in total. The molecule has 3 rings (SSSR count). The fourth-order valence-electron chi connectivity index (χ4n) is 3.25. The Morgan fingerprint density at radius 3 is 2.03 bits per heavy atom. The Morgan fingerprint density at radius 2 is 1.50 bits per heavy atom. The van der Waals surface area contributed by atoms with Crippen molar-refractivity contribution in [3.05, 3.63) is 65.7 Å². The van der Waals surface area contributed by atoms with Crippen molar-refractivity contribution in [2.45, 2.75) is 64.7 Å². The summed E-state index contributed by atoms with van der Waals surface area (Å²) in [6.07, 6.45) is 2.32. The third kappa shape index (κ3) is 4.29. The molecule has 0 saturated carbocycles. The Labute approximate surface area is 192 Å². The van der Waals surface area contributed by atoms with Crippen LogP contribution >= 0.6 is 0 Å². The molecule has 0 spiro atoms. The second kappa shape index (κ2) is 8.14. The van der Waals surface area contributed by atoms with E-state index in [0.717, 1.165) is 16.1 Å².